The zero-order valence-electron chi connectivity index (χ0n) is 10.0. The van der Waals surface area contributed by atoms with E-state index in [0.29, 0.717) is 17.7 Å². The lowest BCUT2D eigenvalue weighted by Crippen LogP contribution is -2.38. The van der Waals surface area contributed by atoms with Gasteiger partial charge in [0.1, 0.15) is 5.75 Å². The summed E-state index contributed by atoms with van der Waals surface area (Å²) in [6.45, 7) is 1.70. The van der Waals surface area contributed by atoms with Crippen molar-refractivity contribution < 1.29 is 22.7 Å². The summed E-state index contributed by atoms with van der Waals surface area (Å²) in [5.74, 6) is -1.40. The lowest BCUT2D eigenvalue weighted by atomic mass is 10.0. The molecule has 1 N–H and O–H groups in total. The van der Waals surface area contributed by atoms with E-state index in [-0.39, 0.29) is 0 Å². The highest BCUT2D eigenvalue weighted by Crippen LogP contribution is 2.23. The number of carbonyl (C=O) groups excluding carboxylic acids is 1. The lowest BCUT2D eigenvalue weighted by Gasteiger charge is -2.18. The van der Waals surface area contributed by atoms with Gasteiger partial charge in [-0.05, 0) is 24.1 Å². The maximum absolute atomic E-state index is 12.2. The van der Waals surface area contributed by atoms with Crippen LogP contribution in [0.5, 0.6) is 5.75 Å². The summed E-state index contributed by atoms with van der Waals surface area (Å²) in [5, 5.41) is 1.95. The number of halogens is 3. The maximum Gasteiger partial charge on any atom is 0.471 e. The first kappa shape index (κ1) is 14.3. The van der Waals surface area contributed by atoms with Gasteiger partial charge >= 0.3 is 12.1 Å². The third kappa shape index (κ3) is 3.65. The number of hydrogen-bond acceptors (Lipinski definition) is 2. The van der Waals surface area contributed by atoms with Gasteiger partial charge in [-0.25, -0.2) is 0 Å². The van der Waals surface area contributed by atoms with Crippen molar-refractivity contribution in [3.63, 3.8) is 0 Å². The van der Waals surface area contributed by atoms with Crippen LogP contribution in [-0.2, 0) is 4.79 Å². The van der Waals surface area contributed by atoms with E-state index in [2.05, 4.69) is 0 Å². The smallest absolute Gasteiger partial charge is 0.471 e. The van der Waals surface area contributed by atoms with Crippen LogP contribution in [-0.4, -0.2) is 19.2 Å². The van der Waals surface area contributed by atoms with Crippen LogP contribution in [0.1, 0.15) is 24.9 Å². The Morgan fingerprint density at radius 3 is 2.61 bits per heavy atom. The van der Waals surface area contributed by atoms with Crippen molar-refractivity contribution >= 4 is 5.91 Å². The molecule has 3 nitrogen and oxygen atoms in total. The number of benzene rings is 1. The second-order valence-corrected chi connectivity index (χ2v) is 3.71. The quantitative estimate of drug-likeness (QED) is 0.905. The number of methoxy groups -OCH3 is 1. The third-order valence-corrected chi connectivity index (χ3v) is 2.47. The summed E-state index contributed by atoms with van der Waals surface area (Å²) >= 11 is 0. The molecule has 100 valence electrons. The number of hydrogen-bond donors (Lipinski definition) is 1. The second kappa shape index (κ2) is 5.75. The summed E-state index contributed by atoms with van der Waals surface area (Å²) in [6, 6.07) is 5.91. The molecule has 0 aliphatic carbocycles. The van der Waals surface area contributed by atoms with Crippen LogP contribution in [0.4, 0.5) is 13.2 Å². The number of ether oxygens (including phenoxy) is 1. The molecule has 0 aromatic heterocycles. The first-order chi connectivity index (χ1) is 8.38. The molecule has 0 radical (unpaired) electrons. The lowest BCUT2D eigenvalue weighted by molar-refractivity contribution is -0.174. The van der Waals surface area contributed by atoms with Gasteiger partial charge in [-0.3, -0.25) is 4.79 Å². The molecule has 1 unspecified atom stereocenters. The van der Waals surface area contributed by atoms with E-state index in [1.165, 1.54) is 7.11 Å². The van der Waals surface area contributed by atoms with E-state index < -0.39 is 18.1 Å². The van der Waals surface area contributed by atoms with Gasteiger partial charge in [0.2, 0.25) is 0 Å². The van der Waals surface area contributed by atoms with Crippen molar-refractivity contribution in [2.75, 3.05) is 7.11 Å². The normalized spacial score (nSPS) is 12.9. The summed E-state index contributed by atoms with van der Waals surface area (Å²) in [5.41, 5.74) is 0.578. The average molecular weight is 261 g/mol. The molecule has 18 heavy (non-hydrogen) atoms. The van der Waals surface area contributed by atoms with Crippen LogP contribution in [0.3, 0.4) is 0 Å². The predicted molar refractivity (Wildman–Crippen MR) is 60.2 cm³/mol. The Bertz CT molecular complexity index is 418. The maximum atomic E-state index is 12.2. The fourth-order valence-electron chi connectivity index (χ4n) is 1.52. The number of amides is 1. The molecule has 0 fully saturated rings. The number of rotatable bonds is 4. The van der Waals surface area contributed by atoms with E-state index in [4.69, 9.17) is 4.74 Å². The summed E-state index contributed by atoms with van der Waals surface area (Å²) < 4.78 is 41.5. The minimum absolute atomic E-state index is 0.356. The second-order valence-electron chi connectivity index (χ2n) is 3.71. The van der Waals surface area contributed by atoms with Gasteiger partial charge in [0.05, 0.1) is 13.2 Å². The van der Waals surface area contributed by atoms with Crippen LogP contribution in [0, 0.1) is 0 Å². The molecule has 1 atom stereocenters. The van der Waals surface area contributed by atoms with Gasteiger partial charge in [0.25, 0.3) is 0 Å². The highest BCUT2D eigenvalue weighted by molar-refractivity contribution is 5.82. The predicted octanol–water partition coefficient (Wildman–Crippen LogP) is 2.82. The molecular formula is C12H14F3NO2. The van der Waals surface area contributed by atoms with Crippen LogP contribution < -0.4 is 10.1 Å². The standard InChI is InChI=1S/C12H14F3NO2/c1-3-10(16-11(17)12(13,14)15)8-5-4-6-9(7-8)18-2/h4-7,10H,3H2,1-2H3,(H,16,17). The van der Waals surface area contributed by atoms with Gasteiger partial charge in [-0.2, -0.15) is 13.2 Å². The Kier molecular flexibility index (Phi) is 4.58. The molecule has 1 rings (SSSR count). The molecule has 0 aliphatic heterocycles. The minimum atomic E-state index is -4.87. The molecule has 0 saturated carbocycles. The highest BCUT2D eigenvalue weighted by Gasteiger charge is 2.39. The Labute approximate surface area is 103 Å². The Balaban J connectivity index is 2.86. The van der Waals surface area contributed by atoms with Crippen molar-refractivity contribution in [3.8, 4) is 5.75 Å². The first-order valence-corrected chi connectivity index (χ1v) is 5.40. The molecule has 1 amide bonds. The van der Waals surface area contributed by atoms with Gasteiger partial charge in [-0.1, -0.05) is 19.1 Å². The van der Waals surface area contributed by atoms with Crippen molar-refractivity contribution in [3.05, 3.63) is 29.8 Å². The van der Waals surface area contributed by atoms with E-state index in [1.807, 2.05) is 5.32 Å². The zero-order valence-corrected chi connectivity index (χ0v) is 10.0. The Morgan fingerprint density at radius 1 is 1.44 bits per heavy atom. The molecule has 6 heteroatoms. The van der Waals surface area contributed by atoms with E-state index in [1.54, 1.807) is 31.2 Å². The molecule has 1 aromatic carbocycles. The van der Waals surface area contributed by atoms with Crippen molar-refractivity contribution in [2.45, 2.75) is 25.6 Å². The summed E-state index contributed by atoms with van der Waals surface area (Å²) in [6.07, 6.45) is -4.51. The van der Waals surface area contributed by atoms with Crippen molar-refractivity contribution in [2.24, 2.45) is 0 Å². The third-order valence-electron chi connectivity index (χ3n) is 2.47. The SMILES string of the molecule is CCC(NC(=O)C(F)(F)F)c1cccc(OC)c1. The molecule has 0 spiro atoms. The van der Waals surface area contributed by atoms with E-state index >= 15 is 0 Å². The Morgan fingerprint density at radius 2 is 2.11 bits per heavy atom. The molecular weight excluding hydrogens is 247 g/mol. The average Bonchev–Trinajstić information content (AvgIpc) is 2.34. The van der Waals surface area contributed by atoms with E-state index in [9.17, 15) is 18.0 Å². The summed E-state index contributed by atoms with van der Waals surface area (Å²) in [7, 11) is 1.47. The molecule has 0 bridgehead atoms. The highest BCUT2D eigenvalue weighted by atomic mass is 19.4. The van der Waals surface area contributed by atoms with Gasteiger partial charge in [0.15, 0.2) is 0 Å². The van der Waals surface area contributed by atoms with Crippen LogP contribution >= 0.6 is 0 Å². The minimum Gasteiger partial charge on any atom is -0.497 e. The Hall–Kier alpha value is -1.72. The fraction of sp³-hybridized carbons (Fsp3) is 0.417. The van der Waals surface area contributed by atoms with Gasteiger partial charge in [0, 0.05) is 0 Å². The monoisotopic (exact) mass is 261 g/mol. The van der Waals surface area contributed by atoms with E-state index in [0.717, 1.165) is 0 Å². The molecule has 0 saturated heterocycles. The summed E-state index contributed by atoms with van der Waals surface area (Å²) in [4.78, 5) is 10.9. The van der Waals surface area contributed by atoms with Crippen molar-refractivity contribution in [1.29, 1.82) is 0 Å². The molecule has 0 aliphatic rings. The van der Waals surface area contributed by atoms with Crippen LogP contribution in [0.2, 0.25) is 0 Å². The topological polar surface area (TPSA) is 38.3 Å². The van der Waals surface area contributed by atoms with Gasteiger partial charge < -0.3 is 10.1 Å². The van der Waals surface area contributed by atoms with Crippen LogP contribution in [0.25, 0.3) is 0 Å². The number of carbonyl (C=O) groups is 1. The molecule has 1 aromatic rings. The van der Waals surface area contributed by atoms with Gasteiger partial charge in [-0.15, -0.1) is 0 Å². The fourth-order valence-corrected chi connectivity index (χ4v) is 1.52. The zero-order chi connectivity index (χ0) is 13.8. The largest absolute Gasteiger partial charge is 0.497 e. The molecule has 0 heterocycles. The van der Waals surface area contributed by atoms with Crippen LogP contribution in [0.15, 0.2) is 24.3 Å². The first-order valence-electron chi connectivity index (χ1n) is 5.40. The van der Waals surface area contributed by atoms with Crippen molar-refractivity contribution in [1.82, 2.24) is 5.32 Å². The number of nitrogens with one attached hydrogen (secondary N) is 1. The number of alkyl halides is 3.